The van der Waals surface area contributed by atoms with Crippen molar-refractivity contribution in [1.82, 2.24) is 0 Å². The van der Waals surface area contributed by atoms with Gasteiger partial charge in [-0.3, -0.25) is 4.79 Å². The van der Waals surface area contributed by atoms with Crippen molar-refractivity contribution in [2.24, 2.45) is 0 Å². The Hall–Kier alpha value is -1.59. The highest BCUT2D eigenvalue weighted by molar-refractivity contribution is 5.90. The molecule has 110 valence electrons. The van der Waals surface area contributed by atoms with Gasteiger partial charge in [0.05, 0.1) is 6.61 Å². The lowest BCUT2D eigenvalue weighted by Gasteiger charge is -2.17. The number of amides is 1. The largest absolute Gasteiger partial charge is 0.491 e. The standard InChI is InChI=1S/C15H21NO4/c1-4-14(17)16-11-6-5-7-12(8-11)18-9-13-10-19-15(2,3)20-13/h5-8,13H,4,9-10H2,1-3H3,(H,16,17). The smallest absolute Gasteiger partial charge is 0.224 e. The predicted octanol–water partition coefficient (Wildman–Crippen LogP) is 2.57. The molecule has 20 heavy (non-hydrogen) atoms. The summed E-state index contributed by atoms with van der Waals surface area (Å²) in [6.45, 7) is 6.53. The van der Waals surface area contributed by atoms with Gasteiger partial charge in [-0.25, -0.2) is 0 Å². The maximum atomic E-state index is 11.3. The zero-order valence-corrected chi connectivity index (χ0v) is 12.1. The highest BCUT2D eigenvalue weighted by atomic mass is 16.7. The second-order valence-corrected chi connectivity index (χ2v) is 5.19. The van der Waals surface area contributed by atoms with Crippen LogP contribution in [0.5, 0.6) is 5.75 Å². The van der Waals surface area contributed by atoms with Crippen LogP contribution in [-0.4, -0.2) is 31.0 Å². The predicted molar refractivity (Wildman–Crippen MR) is 75.8 cm³/mol. The molecule has 1 saturated heterocycles. The second-order valence-electron chi connectivity index (χ2n) is 5.19. The molecule has 1 atom stereocenters. The van der Waals surface area contributed by atoms with E-state index in [1.54, 1.807) is 6.07 Å². The third kappa shape index (κ3) is 4.21. The molecule has 1 fully saturated rings. The Balaban J connectivity index is 1.87. The number of carbonyl (C=O) groups excluding carboxylic acids is 1. The van der Waals surface area contributed by atoms with Crippen molar-refractivity contribution >= 4 is 11.6 Å². The first-order valence-corrected chi connectivity index (χ1v) is 6.83. The minimum absolute atomic E-state index is 0.0172. The Morgan fingerprint density at radius 1 is 1.50 bits per heavy atom. The van der Waals surface area contributed by atoms with E-state index in [-0.39, 0.29) is 12.0 Å². The highest BCUT2D eigenvalue weighted by Crippen LogP contribution is 2.24. The first-order valence-electron chi connectivity index (χ1n) is 6.83. The number of benzene rings is 1. The van der Waals surface area contributed by atoms with E-state index in [9.17, 15) is 4.79 Å². The monoisotopic (exact) mass is 279 g/mol. The number of hydrogen-bond acceptors (Lipinski definition) is 4. The highest BCUT2D eigenvalue weighted by Gasteiger charge is 2.32. The van der Waals surface area contributed by atoms with Crippen molar-refractivity contribution in [2.75, 3.05) is 18.5 Å². The molecule has 1 N–H and O–H groups in total. The molecule has 1 aromatic carbocycles. The van der Waals surface area contributed by atoms with Crippen molar-refractivity contribution in [1.29, 1.82) is 0 Å². The van der Waals surface area contributed by atoms with E-state index in [1.165, 1.54) is 0 Å². The first-order chi connectivity index (χ1) is 9.48. The SMILES string of the molecule is CCC(=O)Nc1cccc(OCC2COC(C)(C)O2)c1. The second kappa shape index (κ2) is 6.24. The summed E-state index contributed by atoms with van der Waals surface area (Å²) in [5, 5.41) is 2.80. The molecular weight excluding hydrogens is 258 g/mol. The molecule has 5 nitrogen and oxygen atoms in total. The maximum absolute atomic E-state index is 11.3. The van der Waals surface area contributed by atoms with Crippen LogP contribution < -0.4 is 10.1 Å². The number of anilines is 1. The lowest BCUT2D eigenvalue weighted by Crippen LogP contribution is -2.25. The third-order valence-electron chi connectivity index (χ3n) is 2.94. The van der Waals surface area contributed by atoms with Crippen LogP contribution in [0, 0.1) is 0 Å². The van der Waals surface area contributed by atoms with Crippen molar-refractivity contribution in [3.8, 4) is 5.75 Å². The molecule has 2 rings (SSSR count). The molecule has 0 radical (unpaired) electrons. The molecule has 0 aliphatic carbocycles. The Kier molecular flexibility index (Phi) is 4.62. The zero-order chi connectivity index (χ0) is 14.6. The van der Waals surface area contributed by atoms with Crippen LogP contribution in [-0.2, 0) is 14.3 Å². The van der Waals surface area contributed by atoms with Crippen LogP contribution in [0.4, 0.5) is 5.69 Å². The molecule has 1 unspecified atom stereocenters. The van der Waals surface area contributed by atoms with E-state index in [0.717, 1.165) is 5.69 Å². The van der Waals surface area contributed by atoms with Gasteiger partial charge in [0.1, 0.15) is 18.5 Å². The Labute approximate surface area is 119 Å². The summed E-state index contributed by atoms with van der Waals surface area (Å²) in [4.78, 5) is 11.3. The van der Waals surface area contributed by atoms with Crippen molar-refractivity contribution in [2.45, 2.75) is 39.1 Å². The van der Waals surface area contributed by atoms with Gasteiger partial charge in [-0.2, -0.15) is 0 Å². The molecule has 0 aromatic heterocycles. The summed E-state index contributed by atoms with van der Waals surface area (Å²) in [7, 11) is 0. The molecule has 1 aromatic rings. The third-order valence-corrected chi connectivity index (χ3v) is 2.94. The van der Waals surface area contributed by atoms with Gasteiger partial charge in [0.2, 0.25) is 5.91 Å². The minimum Gasteiger partial charge on any atom is -0.491 e. The van der Waals surface area contributed by atoms with Gasteiger partial charge in [-0.1, -0.05) is 13.0 Å². The van der Waals surface area contributed by atoms with Crippen LogP contribution in [0.3, 0.4) is 0 Å². The molecular formula is C15H21NO4. The molecule has 1 aliphatic heterocycles. The number of ether oxygens (including phenoxy) is 3. The number of rotatable bonds is 5. The fraction of sp³-hybridized carbons (Fsp3) is 0.533. The maximum Gasteiger partial charge on any atom is 0.224 e. The molecule has 0 spiro atoms. The summed E-state index contributed by atoms with van der Waals surface area (Å²) >= 11 is 0. The fourth-order valence-corrected chi connectivity index (χ4v) is 1.95. The Morgan fingerprint density at radius 3 is 2.95 bits per heavy atom. The normalized spacial score (nSPS) is 20.6. The average molecular weight is 279 g/mol. The summed E-state index contributed by atoms with van der Waals surface area (Å²) < 4.78 is 16.8. The lowest BCUT2D eigenvalue weighted by atomic mass is 10.3. The van der Waals surface area contributed by atoms with Gasteiger partial charge in [-0.15, -0.1) is 0 Å². The summed E-state index contributed by atoms with van der Waals surface area (Å²) in [5.41, 5.74) is 0.735. The molecule has 0 saturated carbocycles. The lowest BCUT2D eigenvalue weighted by molar-refractivity contribution is -0.141. The van der Waals surface area contributed by atoms with Gasteiger partial charge in [0, 0.05) is 18.2 Å². The summed E-state index contributed by atoms with van der Waals surface area (Å²) in [6.07, 6.45) is 0.381. The average Bonchev–Trinajstić information content (AvgIpc) is 2.76. The van der Waals surface area contributed by atoms with Gasteiger partial charge < -0.3 is 19.5 Å². The summed E-state index contributed by atoms with van der Waals surface area (Å²) in [6, 6.07) is 7.33. The Morgan fingerprint density at radius 2 is 2.30 bits per heavy atom. The van der Waals surface area contributed by atoms with Crippen LogP contribution in [0.15, 0.2) is 24.3 Å². The van der Waals surface area contributed by atoms with Crippen molar-refractivity contribution in [3.63, 3.8) is 0 Å². The van der Waals surface area contributed by atoms with Gasteiger partial charge >= 0.3 is 0 Å². The quantitative estimate of drug-likeness (QED) is 0.900. The van der Waals surface area contributed by atoms with E-state index in [1.807, 2.05) is 39.0 Å². The zero-order valence-electron chi connectivity index (χ0n) is 12.1. The van der Waals surface area contributed by atoms with E-state index in [4.69, 9.17) is 14.2 Å². The number of hydrogen-bond donors (Lipinski definition) is 1. The van der Waals surface area contributed by atoms with E-state index >= 15 is 0 Å². The molecule has 1 amide bonds. The number of nitrogens with one attached hydrogen (secondary N) is 1. The van der Waals surface area contributed by atoms with Crippen LogP contribution >= 0.6 is 0 Å². The van der Waals surface area contributed by atoms with Gasteiger partial charge in [-0.05, 0) is 26.0 Å². The van der Waals surface area contributed by atoms with E-state index in [0.29, 0.717) is 25.4 Å². The van der Waals surface area contributed by atoms with Crippen LogP contribution in [0.25, 0.3) is 0 Å². The minimum atomic E-state index is -0.537. The summed E-state index contributed by atoms with van der Waals surface area (Å²) in [5.74, 6) is 0.147. The molecule has 0 bridgehead atoms. The Bertz CT molecular complexity index is 473. The van der Waals surface area contributed by atoms with Gasteiger partial charge in [0.25, 0.3) is 0 Å². The molecule has 1 aliphatic rings. The van der Waals surface area contributed by atoms with Gasteiger partial charge in [0.15, 0.2) is 5.79 Å². The van der Waals surface area contributed by atoms with Crippen LogP contribution in [0.1, 0.15) is 27.2 Å². The first kappa shape index (κ1) is 14.8. The van der Waals surface area contributed by atoms with E-state index in [2.05, 4.69) is 5.32 Å². The van der Waals surface area contributed by atoms with Crippen molar-refractivity contribution < 1.29 is 19.0 Å². The van der Waals surface area contributed by atoms with E-state index < -0.39 is 5.79 Å². The molecule has 1 heterocycles. The number of carbonyl (C=O) groups is 1. The fourth-order valence-electron chi connectivity index (χ4n) is 1.95. The van der Waals surface area contributed by atoms with Crippen molar-refractivity contribution in [3.05, 3.63) is 24.3 Å². The topological polar surface area (TPSA) is 56.8 Å². The molecule has 5 heteroatoms. The van der Waals surface area contributed by atoms with Crippen LogP contribution in [0.2, 0.25) is 0 Å².